The van der Waals surface area contributed by atoms with E-state index in [1.54, 1.807) is 18.2 Å². The molecule has 0 fully saturated rings. The number of hydrogen-bond donors (Lipinski definition) is 1. The normalized spacial score (nSPS) is 11.5. The second-order valence-electron chi connectivity index (χ2n) is 4.52. The van der Waals surface area contributed by atoms with Gasteiger partial charge < -0.3 is 10.1 Å². The Balaban J connectivity index is 2.34. The number of methoxy groups -OCH3 is 1. The average molecular weight is 332 g/mol. The summed E-state index contributed by atoms with van der Waals surface area (Å²) in [5, 5.41) is 2.75. The summed E-state index contributed by atoms with van der Waals surface area (Å²) in [7, 11) is 1.54. The van der Waals surface area contributed by atoms with Gasteiger partial charge in [-0.3, -0.25) is 0 Å². The Morgan fingerprint density at radius 3 is 2.64 bits per heavy atom. The molecule has 8 heteroatoms. The summed E-state index contributed by atoms with van der Waals surface area (Å²) in [4.78, 5) is 7.47. The SMILES string of the molecule is COCc1ccccc1Nc1nc(Cl)ncc1CC(F)(F)F. The highest BCUT2D eigenvalue weighted by molar-refractivity contribution is 6.28. The zero-order valence-electron chi connectivity index (χ0n) is 11.6. The van der Waals surface area contributed by atoms with Gasteiger partial charge in [-0.25, -0.2) is 9.97 Å². The van der Waals surface area contributed by atoms with Crippen LogP contribution in [-0.4, -0.2) is 23.3 Å². The van der Waals surface area contributed by atoms with Gasteiger partial charge in [-0.1, -0.05) is 18.2 Å². The molecule has 0 bridgehead atoms. The number of alkyl halides is 3. The van der Waals surface area contributed by atoms with Crippen LogP contribution in [0.5, 0.6) is 0 Å². The number of rotatable bonds is 5. The van der Waals surface area contributed by atoms with Gasteiger partial charge in [-0.05, 0) is 17.7 Å². The average Bonchev–Trinajstić information content (AvgIpc) is 2.43. The van der Waals surface area contributed by atoms with Gasteiger partial charge in [0.1, 0.15) is 5.82 Å². The van der Waals surface area contributed by atoms with Crippen LogP contribution >= 0.6 is 11.6 Å². The lowest BCUT2D eigenvalue weighted by molar-refractivity contribution is -0.127. The summed E-state index contributed by atoms with van der Waals surface area (Å²) in [6.45, 7) is 0.316. The highest BCUT2D eigenvalue weighted by Crippen LogP contribution is 2.28. The van der Waals surface area contributed by atoms with Gasteiger partial charge in [0.05, 0.1) is 13.0 Å². The van der Waals surface area contributed by atoms with E-state index >= 15 is 0 Å². The molecule has 0 atom stereocenters. The quantitative estimate of drug-likeness (QED) is 0.837. The molecule has 0 spiro atoms. The van der Waals surface area contributed by atoms with Crippen molar-refractivity contribution in [1.29, 1.82) is 0 Å². The van der Waals surface area contributed by atoms with Crippen LogP contribution in [-0.2, 0) is 17.8 Å². The minimum Gasteiger partial charge on any atom is -0.380 e. The number of ether oxygens (including phenoxy) is 1. The molecule has 0 saturated heterocycles. The van der Waals surface area contributed by atoms with E-state index in [-0.39, 0.29) is 16.7 Å². The third-order valence-electron chi connectivity index (χ3n) is 2.80. The number of halogens is 4. The largest absolute Gasteiger partial charge is 0.393 e. The van der Waals surface area contributed by atoms with Crippen LogP contribution in [0.2, 0.25) is 5.28 Å². The molecule has 0 amide bonds. The summed E-state index contributed by atoms with van der Waals surface area (Å²) in [5.41, 5.74) is 1.31. The monoisotopic (exact) mass is 331 g/mol. The number of para-hydroxylation sites is 1. The summed E-state index contributed by atoms with van der Waals surface area (Å²) in [6, 6.07) is 7.09. The fourth-order valence-electron chi connectivity index (χ4n) is 1.89. The van der Waals surface area contributed by atoms with Gasteiger partial charge in [0, 0.05) is 30.1 Å². The molecule has 118 valence electrons. The van der Waals surface area contributed by atoms with Crippen molar-refractivity contribution in [3.63, 3.8) is 0 Å². The summed E-state index contributed by atoms with van der Waals surface area (Å²) >= 11 is 5.69. The lowest BCUT2D eigenvalue weighted by Gasteiger charge is -2.15. The Bertz CT molecular complexity index is 649. The Kier molecular flexibility index (Phi) is 5.20. The van der Waals surface area contributed by atoms with Gasteiger partial charge in [0.2, 0.25) is 5.28 Å². The molecule has 22 heavy (non-hydrogen) atoms. The molecule has 2 rings (SSSR count). The number of benzene rings is 1. The van der Waals surface area contributed by atoms with Crippen molar-refractivity contribution in [1.82, 2.24) is 9.97 Å². The predicted octanol–water partition coefficient (Wildman–Crippen LogP) is 4.12. The molecule has 4 nitrogen and oxygen atoms in total. The van der Waals surface area contributed by atoms with Crippen molar-refractivity contribution in [3.8, 4) is 0 Å². The van der Waals surface area contributed by atoms with Crippen molar-refractivity contribution in [3.05, 3.63) is 46.9 Å². The van der Waals surface area contributed by atoms with E-state index in [1.165, 1.54) is 7.11 Å². The van der Waals surface area contributed by atoms with Crippen molar-refractivity contribution in [2.75, 3.05) is 12.4 Å². The highest BCUT2D eigenvalue weighted by atomic mass is 35.5. The van der Waals surface area contributed by atoms with Crippen molar-refractivity contribution in [2.45, 2.75) is 19.2 Å². The summed E-state index contributed by atoms with van der Waals surface area (Å²) in [5.74, 6) is 0.0286. The lowest BCUT2D eigenvalue weighted by Crippen LogP contribution is -2.14. The number of nitrogens with zero attached hydrogens (tertiary/aromatic N) is 2. The van der Waals surface area contributed by atoms with Gasteiger partial charge in [0.15, 0.2) is 0 Å². The van der Waals surface area contributed by atoms with Gasteiger partial charge in [0.25, 0.3) is 0 Å². The van der Waals surface area contributed by atoms with E-state index in [9.17, 15) is 13.2 Å². The molecule has 0 unspecified atom stereocenters. The fraction of sp³-hybridized carbons (Fsp3) is 0.286. The molecule has 1 aromatic carbocycles. The fourth-order valence-corrected chi connectivity index (χ4v) is 2.02. The Morgan fingerprint density at radius 2 is 1.95 bits per heavy atom. The first-order valence-corrected chi connectivity index (χ1v) is 6.69. The first-order chi connectivity index (χ1) is 10.4. The predicted molar refractivity (Wildman–Crippen MR) is 77.2 cm³/mol. The summed E-state index contributed by atoms with van der Waals surface area (Å²) < 4.78 is 42.9. The van der Waals surface area contributed by atoms with Crippen molar-refractivity contribution < 1.29 is 17.9 Å². The van der Waals surface area contributed by atoms with Crippen LogP contribution < -0.4 is 5.32 Å². The minimum absolute atomic E-state index is 0.0286. The van der Waals surface area contributed by atoms with E-state index in [0.29, 0.717) is 12.3 Å². The van der Waals surface area contributed by atoms with Gasteiger partial charge in [-0.15, -0.1) is 0 Å². The van der Waals surface area contributed by atoms with Crippen LogP contribution in [0.15, 0.2) is 30.5 Å². The molecule has 0 aliphatic heterocycles. The smallest absolute Gasteiger partial charge is 0.380 e. The van der Waals surface area contributed by atoms with Crippen molar-refractivity contribution in [2.24, 2.45) is 0 Å². The Morgan fingerprint density at radius 1 is 1.23 bits per heavy atom. The highest BCUT2D eigenvalue weighted by Gasteiger charge is 2.29. The van der Waals surface area contributed by atoms with Crippen LogP contribution in [0, 0.1) is 0 Å². The molecule has 1 N–H and O–H groups in total. The maximum Gasteiger partial charge on any atom is 0.393 e. The first-order valence-electron chi connectivity index (χ1n) is 6.31. The molecule has 0 saturated carbocycles. The van der Waals surface area contributed by atoms with E-state index in [0.717, 1.165) is 11.8 Å². The number of nitrogens with one attached hydrogen (secondary N) is 1. The topological polar surface area (TPSA) is 47.0 Å². The molecule has 1 heterocycles. The number of aromatic nitrogens is 2. The van der Waals surface area contributed by atoms with Crippen LogP contribution in [0.25, 0.3) is 0 Å². The third-order valence-corrected chi connectivity index (χ3v) is 2.98. The summed E-state index contributed by atoms with van der Waals surface area (Å²) in [6.07, 6.45) is -4.43. The van der Waals surface area contributed by atoms with E-state index in [1.807, 2.05) is 6.07 Å². The maximum absolute atomic E-state index is 12.6. The van der Waals surface area contributed by atoms with E-state index in [2.05, 4.69) is 15.3 Å². The molecule has 2 aromatic rings. The van der Waals surface area contributed by atoms with Crippen LogP contribution in [0.1, 0.15) is 11.1 Å². The van der Waals surface area contributed by atoms with Gasteiger partial charge in [-0.2, -0.15) is 13.2 Å². The second kappa shape index (κ2) is 6.93. The molecular formula is C14H13ClF3N3O. The minimum atomic E-state index is -4.36. The zero-order valence-corrected chi connectivity index (χ0v) is 12.4. The van der Waals surface area contributed by atoms with Crippen LogP contribution in [0.3, 0.4) is 0 Å². The van der Waals surface area contributed by atoms with Gasteiger partial charge >= 0.3 is 6.18 Å². The van der Waals surface area contributed by atoms with E-state index < -0.39 is 12.6 Å². The van der Waals surface area contributed by atoms with Crippen LogP contribution in [0.4, 0.5) is 24.7 Å². The molecule has 1 aromatic heterocycles. The van der Waals surface area contributed by atoms with E-state index in [4.69, 9.17) is 16.3 Å². The Hall–Kier alpha value is -1.86. The number of hydrogen-bond acceptors (Lipinski definition) is 4. The Labute approximate surface area is 130 Å². The molecule has 0 radical (unpaired) electrons. The molecular weight excluding hydrogens is 319 g/mol. The zero-order chi connectivity index (χ0) is 16.2. The lowest BCUT2D eigenvalue weighted by atomic mass is 10.1. The standard InChI is InChI=1S/C14H13ClF3N3O/c1-22-8-9-4-2-3-5-11(9)20-12-10(6-14(16,17)18)7-19-13(15)21-12/h2-5,7H,6,8H2,1H3,(H,19,20,21). The maximum atomic E-state index is 12.6. The third kappa shape index (κ3) is 4.57. The molecule has 0 aliphatic carbocycles. The van der Waals surface area contributed by atoms with Crippen molar-refractivity contribution >= 4 is 23.1 Å². The second-order valence-corrected chi connectivity index (χ2v) is 4.86. The number of anilines is 2. The first kappa shape index (κ1) is 16.5. The molecule has 0 aliphatic rings.